The Balaban J connectivity index is 2.06. The van der Waals surface area contributed by atoms with Crippen molar-refractivity contribution in [3.8, 4) is 23.0 Å². The lowest BCUT2D eigenvalue weighted by Gasteiger charge is -2.23. The molecule has 2 nitrogen and oxygen atoms in total. The number of rotatable bonds is 4. The first-order valence-corrected chi connectivity index (χ1v) is 8.95. The van der Waals surface area contributed by atoms with Crippen LogP contribution < -0.4 is 64.1 Å². The summed E-state index contributed by atoms with van der Waals surface area (Å²) in [7, 11) is 59.3. The van der Waals surface area contributed by atoms with E-state index in [2.05, 4.69) is 0 Å². The van der Waals surface area contributed by atoms with Gasteiger partial charge in [0.05, 0.1) is 0 Å². The second-order valence-electron chi connectivity index (χ2n) is 6.88. The van der Waals surface area contributed by atoms with Gasteiger partial charge in [0.15, 0.2) is 0 Å². The molecule has 31 heavy (non-hydrogen) atoms. The highest BCUT2D eigenvalue weighted by Gasteiger charge is 2.17. The van der Waals surface area contributed by atoms with Crippen LogP contribution in [0.15, 0.2) is 18.2 Å². The molecule has 0 aliphatic heterocycles. The van der Waals surface area contributed by atoms with Crippen molar-refractivity contribution in [1.82, 2.24) is 0 Å². The normalized spacial score (nSPS) is 10.7. The first-order chi connectivity index (χ1) is 14.5. The van der Waals surface area contributed by atoms with Crippen LogP contribution in [0.25, 0.3) is 0 Å². The first-order valence-electron chi connectivity index (χ1n) is 8.95. The molecule has 0 fully saturated rings. The van der Waals surface area contributed by atoms with Gasteiger partial charge in [-0.15, -0.1) is 32.8 Å². The summed E-state index contributed by atoms with van der Waals surface area (Å²) >= 11 is 0. The van der Waals surface area contributed by atoms with E-state index in [0.717, 1.165) is 0 Å². The highest BCUT2D eigenvalue weighted by Crippen LogP contribution is 2.31. The van der Waals surface area contributed by atoms with Crippen LogP contribution >= 0.6 is 0 Å². The molecular weight excluding hydrogens is 368 g/mol. The quantitative estimate of drug-likeness (QED) is 0.423. The fourth-order valence-corrected chi connectivity index (χ4v) is 2.91. The van der Waals surface area contributed by atoms with Crippen LogP contribution in [0.2, 0.25) is 0 Å². The third-order valence-electron chi connectivity index (χ3n) is 4.96. The fourth-order valence-electron chi connectivity index (χ4n) is 2.91. The predicted molar refractivity (Wildman–Crippen MR) is 138 cm³/mol. The van der Waals surface area contributed by atoms with Crippen molar-refractivity contribution < 1.29 is 9.47 Å². The van der Waals surface area contributed by atoms with Crippen LogP contribution in [0, 0.1) is 6.92 Å². The summed E-state index contributed by atoms with van der Waals surface area (Å²) in [6, 6.07) is 5.01. The zero-order valence-corrected chi connectivity index (χ0v) is 16.8. The van der Waals surface area contributed by atoms with E-state index in [1.165, 1.54) is 0 Å². The molecular formula is C19H6B10O2. The Kier molecular flexibility index (Phi) is 6.69. The minimum absolute atomic E-state index is 0.0579. The van der Waals surface area contributed by atoms with Crippen LogP contribution in [0.3, 0.4) is 0 Å². The average molecular weight is 374 g/mol. The molecule has 0 N–H and O–H groups in total. The molecule has 0 bridgehead atoms. The van der Waals surface area contributed by atoms with Gasteiger partial charge in [-0.2, -0.15) is 0 Å². The molecule has 12 heteroatoms. The van der Waals surface area contributed by atoms with Crippen molar-refractivity contribution in [2.75, 3.05) is 0 Å². The van der Waals surface area contributed by atoms with Gasteiger partial charge in [-0.3, -0.25) is 0 Å². The summed E-state index contributed by atoms with van der Waals surface area (Å²) in [5, 5.41) is 0. The monoisotopic (exact) mass is 376 g/mol. The molecule has 20 radical (unpaired) electrons. The number of hydrogen-bond acceptors (Lipinski definition) is 2. The molecule has 124 valence electrons. The van der Waals surface area contributed by atoms with Gasteiger partial charge in [-0.05, 0) is 19.1 Å². The minimum Gasteiger partial charge on any atom is -0.458 e. The maximum Gasteiger partial charge on any atom is 0.133 e. The SMILES string of the molecule is [B]c1c([B])c([B])c(Oc2cccc(Oc3c([B])c([B])c([B])c([B])c3[B])c2C)c([B])c1[B]. The summed E-state index contributed by atoms with van der Waals surface area (Å²) in [6.07, 6.45) is 0. The van der Waals surface area contributed by atoms with E-state index in [-0.39, 0.29) is 66.1 Å². The molecule has 0 atom stereocenters. The topological polar surface area (TPSA) is 18.5 Å². The highest BCUT2D eigenvalue weighted by atomic mass is 16.5. The largest absolute Gasteiger partial charge is 0.458 e. The summed E-state index contributed by atoms with van der Waals surface area (Å²) in [6.45, 7) is 1.73. The van der Waals surface area contributed by atoms with Crippen molar-refractivity contribution in [3.05, 3.63) is 23.8 Å². The molecule has 0 amide bonds. The molecule has 0 aromatic heterocycles. The molecule has 0 saturated heterocycles. The van der Waals surface area contributed by atoms with E-state index in [9.17, 15) is 0 Å². The van der Waals surface area contributed by atoms with Gasteiger partial charge >= 0.3 is 0 Å². The van der Waals surface area contributed by atoms with Crippen molar-refractivity contribution >= 4 is 133 Å². The Labute approximate surface area is 196 Å². The maximum atomic E-state index is 6.03. The van der Waals surface area contributed by atoms with E-state index in [0.29, 0.717) is 17.1 Å². The van der Waals surface area contributed by atoms with Gasteiger partial charge in [0.2, 0.25) is 0 Å². The third kappa shape index (κ3) is 4.06. The van der Waals surface area contributed by atoms with Crippen LogP contribution in [0.5, 0.6) is 23.0 Å². The standard InChI is InChI=1S/C19H6B10O2/c1-5-6(30-18-14(26)10(22)8(20)11(23)15(18)27)3-2-4-7(5)31-19-16(28)12(24)9(21)13(25)17(19)29/h2-4H,1H3. The van der Waals surface area contributed by atoms with E-state index >= 15 is 0 Å². The van der Waals surface area contributed by atoms with Crippen molar-refractivity contribution in [2.45, 2.75) is 6.92 Å². The van der Waals surface area contributed by atoms with Gasteiger partial charge in [0.1, 0.15) is 101 Å². The average Bonchev–Trinajstić information content (AvgIpc) is 2.76. The number of benzene rings is 3. The van der Waals surface area contributed by atoms with E-state index in [4.69, 9.17) is 87.9 Å². The van der Waals surface area contributed by atoms with Gasteiger partial charge in [-0.25, -0.2) is 0 Å². The van der Waals surface area contributed by atoms with Crippen LogP contribution in [-0.4, -0.2) is 78.5 Å². The Hall–Kier alpha value is -2.09. The Bertz CT molecular complexity index is 1060. The molecule has 0 spiro atoms. The van der Waals surface area contributed by atoms with E-state index in [1.807, 2.05) is 0 Å². The second-order valence-corrected chi connectivity index (χ2v) is 6.88. The Morgan fingerprint density at radius 2 is 0.710 bits per heavy atom. The fraction of sp³-hybridized carbons (Fsp3) is 0.0526. The van der Waals surface area contributed by atoms with Crippen LogP contribution in [-0.2, 0) is 0 Å². The van der Waals surface area contributed by atoms with Crippen molar-refractivity contribution in [2.24, 2.45) is 0 Å². The smallest absolute Gasteiger partial charge is 0.133 e. The van der Waals surface area contributed by atoms with Gasteiger partial charge in [0.25, 0.3) is 0 Å². The lowest BCUT2D eigenvalue weighted by atomic mass is 9.62. The third-order valence-corrected chi connectivity index (χ3v) is 4.96. The second kappa shape index (κ2) is 8.80. The minimum atomic E-state index is 0.0579. The zero-order valence-electron chi connectivity index (χ0n) is 16.8. The maximum absolute atomic E-state index is 6.03. The Morgan fingerprint density at radius 3 is 1.00 bits per heavy atom. The van der Waals surface area contributed by atoms with Gasteiger partial charge in [-0.1, -0.05) is 27.9 Å². The molecule has 0 aliphatic rings. The number of ether oxygens (including phenoxy) is 2. The lowest BCUT2D eigenvalue weighted by molar-refractivity contribution is 0.461. The molecule has 0 aliphatic carbocycles. The van der Waals surface area contributed by atoms with E-state index in [1.54, 1.807) is 25.1 Å². The lowest BCUT2D eigenvalue weighted by Crippen LogP contribution is -2.54. The van der Waals surface area contributed by atoms with Crippen molar-refractivity contribution in [3.63, 3.8) is 0 Å². The summed E-state index contributed by atoms with van der Waals surface area (Å²) in [5.41, 5.74) is 1.24. The molecule has 3 aromatic rings. The van der Waals surface area contributed by atoms with Gasteiger partial charge < -0.3 is 9.47 Å². The van der Waals surface area contributed by atoms with Gasteiger partial charge in [0, 0.05) is 5.56 Å². The summed E-state index contributed by atoms with van der Waals surface area (Å²) < 4.78 is 11.8. The molecule has 0 unspecified atom stereocenters. The van der Waals surface area contributed by atoms with Crippen molar-refractivity contribution in [1.29, 1.82) is 0 Å². The highest BCUT2D eigenvalue weighted by molar-refractivity contribution is 6.68. The summed E-state index contributed by atoms with van der Waals surface area (Å²) in [5.74, 6) is 0.856. The van der Waals surface area contributed by atoms with Crippen LogP contribution in [0.4, 0.5) is 0 Å². The number of hydrogen-bond donors (Lipinski definition) is 0. The molecule has 3 aromatic carbocycles. The van der Waals surface area contributed by atoms with Crippen LogP contribution in [0.1, 0.15) is 5.56 Å². The Morgan fingerprint density at radius 1 is 0.452 bits per heavy atom. The van der Waals surface area contributed by atoms with E-state index < -0.39 is 0 Å². The first kappa shape index (κ1) is 23.6. The summed E-state index contributed by atoms with van der Waals surface area (Å²) in [4.78, 5) is 0. The molecule has 0 saturated carbocycles. The molecule has 0 heterocycles. The zero-order chi connectivity index (χ0) is 23.2. The predicted octanol–water partition coefficient (Wildman–Crippen LogP) is -6.48. The molecule has 3 rings (SSSR count).